The van der Waals surface area contributed by atoms with E-state index >= 15 is 0 Å². The molecule has 0 N–H and O–H groups in total. The molecule has 0 aliphatic carbocycles. The standard InChI is InChI=1S/C36H38N4/c1-21-19-22(2)32(23(3)20-21)29-15-17-31(18-16-29)40(9)34-26(6)24(4)33(25(5)27(34)7)36-38-28(8)37-35(39-36)30-13-11-10-12-14-30/h10-20H,1-9H3. The van der Waals surface area contributed by atoms with E-state index in [-0.39, 0.29) is 0 Å². The molecular formula is C36H38N4. The van der Waals surface area contributed by atoms with Crippen LogP contribution in [0, 0.1) is 55.4 Å². The molecule has 0 aliphatic rings. The number of hydrogen-bond donors (Lipinski definition) is 0. The Morgan fingerprint density at radius 3 is 1.65 bits per heavy atom. The third-order valence-corrected chi connectivity index (χ3v) is 8.14. The van der Waals surface area contributed by atoms with Gasteiger partial charge in [0.15, 0.2) is 11.6 Å². The first-order valence-corrected chi connectivity index (χ1v) is 13.9. The minimum absolute atomic E-state index is 0.706. The quantitative estimate of drug-likeness (QED) is 0.229. The summed E-state index contributed by atoms with van der Waals surface area (Å²) in [5, 5.41) is 0. The summed E-state index contributed by atoms with van der Waals surface area (Å²) < 4.78 is 0. The maximum Gasteiger partial charge on any atom is 0.164 e. The fraction of sp³-hybridized carbons (Fsp3) is 0.250. The Kier molecular flexibility index (Phi) is 7.29. The molecule has 0 aliphatic heterocycles. The van der Waals surface area contributed by atoms with Crippen LogP contribution in [0.1, 0.15) is 44.8 Å². The number of rotatable bonds is 5. The number of nitrogens with zero attached hydrogens (tertiary/aromatic N) is 4. The molecule has 0 radical (unpaired) electrons. The summed E-state index contributed by atoms with van der Waals surface area (Å²) in [7, 11) is 2.16. The van der Waals surface area contributed by atoms with Gasteiger partial charge in [0.05, 0.1) is 0 Å². The van der Waals surface area contributed by atoms with Crippen molar-refractivity contribution in [3.05, 3.63) is 111 Å². The molecule has 5 aromatic rings. The summed E-state index contributed by atoms with van der Waals surface area (Å²) in [6.45, 7) is 17.3. The predicted octanol–water partition coefficient (Wildman–Crippen LogP) is 9.11. The molecule has 0 fully saturated rings. The van der Waals surface area contributed by atoms with Gasteiger partial charge in [-0.05, 0) is 112 Å². The first-order chi connectivity index (χ1) is 19.1. The van der Waals surface area contributed by atoms with E-state index in [9.17, 15) is 0 Å². The fourth-order valence-corrected chi connectivity index (χ4v) is 6.06. The molecule has 4 aromatic carbocycles. The lowest BCUT2D eigenvalue weighted by molar-refractivity contribution is 0.985. The normalized spacial score (nSPS) is 11.1. The number of aromatic nitrogens is 3. The molecule has 0 saturated carbocycles. The maximum absolute atomic E-state index is 4.93. The zero-order chi connectivity index (χ0) is 28.7. The minimum Gasteiger partial charge on any atom is -0.344 e. The SMILES string of the molecule is Cc1cc(C)c(-c2ccc(N(C)c3c(C)c(C)c(-c4nc(C)nc(-c5ccccc5)n4)c(C)c3C)cc2)c(C)c1. The van der Waals surface area contributed by atoms with Gasteiger partial charge in [0.1, 0.15) is 5.82 Å². The van der Waals surface area contributed by atoms with Gasteiger partial charge in [-0.3, -0.25) is 0 Å². The van der Waals surface area contributed by atoms with Gasteiger partial charge in [0, 0.05) is 29.5 Å². The van der Waals surface area contributed by atoms with Crippen LogP contribution in [0.3, 0.4) is 0 Å². The van der Waals surface area contributed by atoms with Crippen molar-refractivity contribution >= 4 is 11.4 Å². The molecule has 4 nitrogen and oxygen atoms in total. The van der Waals surface area contributed by atoms with Crippen molar-refractivity contribution < 1.29 is 0 Å². The van der Waals surface area contributed by atoms with E-state index < -0.39 is 0 Å². The van der Waals surface area contributed by atoms with Crippen molar-refractivity contribution in [3.8, 4) is 33.9 Å². The molecule has 5 rings (SSSR count). The third kappa shape index (κ3) is 4.90. The maximum atomic E-state index is 4.93. The van der Waals surface area contributed by atoms with Gasteiger partial charge in [0.2, 0.25) is 0 Å². The molecule has 40 heavy (non-hydrogen) atoms. The summed E-state index contributed by atoms with van der Waals surface area (Å²) >= 11 is 0. The fourth-order valence-electron chi connectivity index (χ4n) is 6.06. The van der Waals surface area contributed by atoms with Crippen LogP contribution in [0.5, 0.6) is 0 Å². The predicted molar refractivity (Wildman–Crippen MR) is 169 cm³/mol. The highest BCUT2D eigenvalue weighted by atomic mass is 15.1. The van der Waals surface area contributed by atoms with E-state index in [0.29, 0.717) is 5.82 Å². The average molecular weight is 527 g/mol. The molecule has 0 bridgehead atoms. The van der Waals surface area contributed by atoms with Gasteiger partial charge in [-0.1, -0.05) is 60.2 Å². The Bertz CT molecular complexity index is 1670. The molecule has 4 heteroatoms. The second-order valence-corrected chi connectivity index (χ2v) is 11.0. The summed E-state index contributed by atoms with van der Waals surface area (Å²) in [5.74, 6) is 2.16. The van der Waals surface area contributed by atoms with Crippen LogP contribution in [0.25, 0.3) is 33.9 Å². The lowest BCUT2D eigenvalue weighted by Gasteiger charge is -2.28. The van der Waals surface area contributed by atoms with Crippen molar-refractivity contribution in [3.63, 3.8) is 0 Å². The molecular weight excluding hydrogens is 488 g/mol. The first kappa shape index (κ1) is 27.3. The van der Waals surface area contributed by atoms with E-state index in [2.05, 4.69) is 102 Å². The van der Waals surface area contributed by atoms with Crippen molar-refractivity contribution in [2.45, 2.75) is 55.4 Å². The van der Waals surface area contributed by atoms with Gasteiger partial charge in [0.25, 0.3) is 0 Å². The van der Waals surface area contributed by atoms with Gasteiger partial charge < -0.3 is 4.90 Å². The molecule has 0 saturated heterocycles. The highest BCUT2D eigenvalue weighted by molar-refractivity contribution is 5.81. The second kappa shape index (κ2) is 10.7. The number of hydrogen-bond acceptors (Lipinski definition) is 4. The average Bonchev–Trinajstić information content (AvgIpc) is 2.92. The third-order valence-electron chi connectivity index (χ3n) is 8.14. The van der Waals surface area contributed by atoms with Crippen LogP contribution in [-0.4, -0.2) is 22.0 Å². The van der Waals surface area contributed by atoms with Crippen molar-refractivity contribution in [1.82, 2.24) is 15.0 Å². The van der Waals surface area contributed by atoms with Crippen LogP contribution in [0.4, 0.5) is 11.4 Å². The monoisotopic (exact) mass is 526 g/mol. The zero-order valence-electron chi connectivity index (χ0n) is 25.1. The topological polar surface area (TPSA) is 41.9 Å². The smallest absolute Gasteiger partial charge is 0.164 e. The Hall–Kier alpha value is -4.31. The van der Waals surface area contributed by atoms with Gasteiger partial charge in [-0.2, -0.15) is 0 Å². The number of aryl methyl sites for hydroxylation is 4. The summed E-state index contributed by atoms with van der Waals surface area (Å²) in [4.78, 5) is 16.7. The van der Waals surface area contributed by atoms with E-state index in [4.69, 9.17) is 9.97 Å². The van der Waals surface area contributed by atoms with Crippen LogP contribution in [0.2, 0.25) is 0 Å². The summed E-state index contributed by atoms with van der Waals surface area (Å²) in [6, 6.07) is 23.6. The van der Waals surface area contributed by atoms with Gasteiger partial charge >= 0.3 is 0 Å². The Balaban J connectivity index is 1.55. The molecule has 202 valence electrons. The Morgan fingerprint density at radius 1 is 0.525 bits per heavy atom. The highest BCUT2D eigenvalue weighted by Crippen LogP contribution is 2.40. The molecule has 1 aromatic heterocycles. The summed E-state index contributed by atoms with van der Waals surface area (Å²) in [6.07, 6.45) is 0. The molecule has 1 heterocycles. The highest BCUT2D eigenvalue weighted by Gasteiger charge is 2.22. The van der Waals surface area contributed by atoms with E-state index in [0.717, 1.165) is 28.5 Å². The largest absolute Gasteiger partial charge is 0.344 e. The lowest BCUT2D eigenvalue weighted by atomic mass is 9.90. The summed E-state index contributed by atoms with van der Waals surface area (Å²) in [5.41, 5.74) is 15.8. The molecule has 0 unspecified atom stereocenters. The number of benzene rings is 4. The van der Waals surface area contributed by atoms with Crippen molar-refractivity contribution in [2.24, 2.45) is 0 Å². The molecule has 0 spiro atoms. The van der Waals surface area contributed by atoms with Crippen LogP contribution < -0.4 is 4.90 Å². The van der Waals surface area contributed by atoms with Crippen LogP contribution >= 0.6 is 0 Å². The van der Waals surface area contributed by atoms with Crippen molar-refractivity contribution in [2.75, 3.05) is 11.9 Å². The molecule has 0 atom stereocenters. The van der Waals surface area contributed by atoms with Gasteiger partial charge in [-0.15, -0.1) is 0 Å². The van der Waals surface area contributed by atoms with E-state index in [1.807, 2.05) is 37.3 Å². The van der Waals surface area contributed by atoms with Gasteiger partial charge in [-0.25, -0.2) is 15.0 Å². The van der Waals surface area contributed by atoms with Crippen LogP contribution in [0.15, 0.2) is 66.7 Å². The van der Waals surface area contributed by atoms with E-state index in [1.54, 1.807) is 0 Å². The Morgan fingerprint density at radius 2 is 1.07 bits per heavy atom. The minimum atomic E-state index is 0.706. The molecule has 0 amide bonds. The first-order valence-electron chi connectivity index (χ1n) is 13.9. The second-order valence-electron chi connectivity index (χ2n) is 11.0. The Labute approximate surface area is 238 Å². The lowest BCUT2D eigenvalue weighted by Crippen LogP contribution is -2.15. The van der Waals surface area contributed by atoms with Crippen LogP contribution in [-0.2, 0) is 0 Å². The number of anilines is 2. The van der Waals surface area contributed by atoms with Crippen molar-refractivity contribution in [1.29, 1.82) is 0 Å². The zero-order valence-corrected chi connectivity index (χ0v) is 25.1. The van der Waals surface area contributed by atoms with E-state index in [1.165, 1.54) is 55.8 Å².